The van der Waals surface area contributed by atoms with Gasteiger partial charge in [0.15, 0.2) is 0 Å². The highest BCUT2D eigenvalue weighted by Gasteiger charge is 2.29. The average Bonchev–Trinajstić information content (AvgIpc) is 2.61. The average molecular weight is 236 g/mol. The highest BCUT2D eigenvalue weighted by molar-refractivity contribution is 5.17. The minimum Gasteiger partial charge on any atom is -0.312 e. The van der Waals surface area contributed by atoms with Crippen molar-refractivity contribution in [1.29, 1.82) is 0 Å². The molecular formula is C14H21FN2. The molecule has 0 amide bonds. The van der Waals surface area contributed by atoms with Crippen LogP contribution in [0, 0.1) is 5.82 Å². The number of nitrogens with one attached hydrogen (secondary N) is 2. The third-order valence-electron chi connectivity index (χ3n) is 3.37. The summed E-state index contributed by atoms with van der Waals surface area (Å²) in [5, 5.41) is 6.95. The lowest BCUT2D eigenvalue weighted by Gasteiger charge is -2.17. The summed E-state index contributed by atoms with van der Waals surface area (Å²) in [5.74, 6) is -0.0980. The third-order valence-corrected chi connectivity index (χ3v) is 3.37. The van der Waals surface area contributed by atoms with Gasteiger partial charge in [0.25, 0.3) is 0 Å². The highest BCUT2D eigenvalue weighted by Crippen LogP contribution is 2.17. The van der Waals surface area contributed by atoms with Gasteiger partial charge in [-0.25, -0.2) is 4.39 Å². The summed E-state index contributed by atoms with van der Waals surface area (Å²) in [4.78, 5) is 0. The zero-order valence-corrected chi connectivity index (χ0v) is 10.6. The molecule has 0 bridgehead atoms. The lowest BCUT2D eigenvalue weighted by atomic mass is 10.0. The summed E-state index contributed by atoms with van der Waals surface area (Å²) in [6, 6.07) is 7.51. The van der Waals surface area contributed by atoms with E-state index in [1.54, 1.807) is 6.07 Å². The molecule has 94 valence electrons. The van der Waals surface area contributed by atoms with Gasteiger partial charge in [-0.2, -0.15) is 0 Å². The summed E-state index contributed by atoms with van der Waals surface area (Å²) in [6.07, 6.45) is 1.88. The van der Waals surface area contributed by atoms with Crippen LogP contribution in [-0.2, 0) is 6.42 Å². The lowest BCUT2D eigenvalue weighted by molar-refractivity contribution is 0.442. The molecular weight excluding hydrogens is 215 g/mol. The summed E-state index contributed by atoms with van der Waals surface area (Å²) in [7, 11) is 0. The summed E-state index contributed by atoms with van der Waals surface area (Å²) in [6.45, 7) is 6.27. The Balaban J connectivity index is 1.76. The van der Waals surface area contributed by atoms with E-state index in [2.05, 4.69) is 24.5 Å². The van der Waals surface area contributed by atoms with Crippen LogP contribution in [0.5, 0.6) is 0 Å². The van der Waals surface area contributed by atoms with Gasteiger partial charge >= 0.3 is 0 Å². The molecule has 1 fully saturated rings. The fourth-order valence-electron chi connectivity index (χ4n) is 2.42. The van der Waals surface area contributed by atoms with E-state index in [1.807, 2.05) is 12.1 Å². The van der Waals surface area contributed by atoms with Crippen LogP contribution in [0.4, 0.5) is 4.39 Å². The Kier molecular flexibility index (Phi) is 3.79. The summed E-state index contributed by atoms with van der Waals surface area (Å²) < 4.78 is 13.4. The molecule has 0 aliphatic carbocycles. The van der Waals surface area contributed by atoms with Gasteiger partial charge in [-0.1, -0.05) is 18.2 Å². The van der Waals surface area contributed by atoms with Crippen LogP contribution in [0.1, 0.15) is 25.8 Å². The Bertz CT molecular complexity index is 376. The molecule has 0 saturated carbocycles. The first-order valence-electron chi connectivity index (χ1n) is 6.29. The van der Waals surface area contributed by atoms with Gasteiger partial charge < -0.3 is 10.6 Å². The zero-order valence-electron chi connectivity index (χ0n) is 10.6. The maximum atomic E-state index is 13.4. The molecule has 1 heterocycles. The molecule has 0 spiro atoms. The van der Waals surface area contributed by atoms with Crippen molar-refractivity contribution in [3.63, 3.8) is 0 Å². The van der Waals surface area contributed by atoms with Crippen molar-refractivity contribution in [2.24, 2.45) is 0 Å². The van der Waals surface area contributed by atoms with Crippen LogP contribution in [0.15, 0.2) is 24.3 Å². The number of halogens is 1. The number of benzene rings is 1. The van der Waals surface area contributed by atoms with Crippen LogP contribution < -0.4 is 10.6 Å². The topological polar surface area (TPSA) is 24.1 Å². The van der Waals surface area contributed by atoms with E-state index in [0.717, 1.165) is 31.5 Å². The Labute approximate surface area is 103 Å². The number of hydrogen-bond donors (Lipinski definition) is 2. The molecule has 2 N–H and O–H groups in total. The van der Waals surface area contributed by atoms with Gasteiger partial charge in [-0.3, -0.25) is 0 Å². The van der Waals surface area contributed by atoms with Gasteiger partial charge in [0.05, 0.1) is 0 Å². The second kappa shape index (κ2) is 5.15. The predicted molar refractivity (Wildman–Crippen MR) is 68.6 cm³/mol. The molecule has 1 aromatic carbocycles. The van der Waals surface area contributed by atoms with Gasteiger partial charge in [-0.15, -0.1) is 0 Å². The van der Waals surface area contributed by atoms with Crippen molar-refractivity contribution in [2.75, 3.05) is 13.1 Å². The van der Waals surface area contributed by atoms with Crippen LogP contribution in [0.3, 0.4) is 0 Å². The van der Waals surface area contributed by atoms with Crippen LogP contribution in [0.2, 0.25) is 0 Å². The fourth-order valence-corrected chi connectivity index (χ4v) is 2.42. The summed E-state index contributed by atoms with van der Waals surface area (Å²) in [5.41, 5.74) is 1.03. The molecule has 0 aromatic heterocycles. The van der Waals surface area contributed by atoms with E-state index < -0.39 is 0 Å². The quantitative estimate of drug-likeness (QED) is 0.836. The molecule has 1 saturated heterocycles. The van der Waals surface area contributed by atoms with Crippen molar-refractivity contribution in [3.05, 3.63) is 35.6 Å². The van der Waals surface area contributed by atoms with Gasteiger partial charge in [0, 0.05) is 18.1 Å². The number of rotatable bonds is 4. The normalized spacial score (nSPS) is 22.9. The van der Waals surface area contributed by atoms with E-state index in [-0.39, 0.29) is 11.4 Å². The predicted octanol–water partition coefficient (Wildman–Crippen LogP) is 2.10. The minimum absolute atomic E-state index is 0.0980. The SMILES string of the molecule is CC1(C)CC(NCCc2ccccc2F)CN1. The Morgan fingerprint density at radius 2 is 2.18 bits per heavy atom. The molecule has 2 rings (SSSR count). The lowest BCUT2D eigenvalue weighted by Crippen LogP contribution is -2.32. The Morgan fingerprint density at radius 1 is 1.41 bits per heavy atom. The smallest absolute Gasteiger partial charge is 0.126 e. The first kappa shape index (κ1) is 12.5. The third kappa shape index (κ3) is 3.51. The first-order valence-corrected chi connectivity index (χ1v) is 6.29. The van der Waals surface area contributed by atoms with Crippen molar-refractivity contribution >= 4 is 0 Å². The van der Waals surface area contributed by atoms with Crippen molar-refractivity contribution < 1.29 is 4.39 Å². The van der Waals surface area contributed by atoms with E-state index in [9.17, 15) is 4.39 Å². The van der Waals surface area contributed by atoms with Gasteiger partial charge in [0.2, 0.25) is 0 Å². The van der Waals surface area contributed by atoms with Crippen LogP contribution in [0.25, 0.3) is 0 Å². The van der Waals surface area contributed by atoms with Crippen molar-refractivity contribution in [1.82, 2.24) is 10.6 Å². The standard InChI is InChI=1S/C14H21FN2/c1-14(2)9-12(10-17-14)16-8-7-11-5-3-4-6-13(11)15/h3-6,12,16-17H,7-10H2,1-2H3. The maximum absolute atomic E-state index is 13.4. The van der Waals surface area contributed by atoms with Gasteiger partial charge in [-0.05, 0) is 44.9 Å². The Hall–Kier alpha value is -0.930. The van der Waals surface area contributed by atoms with Crippen molar-refractivity contribution in [3.8, 4) is 0 Å². The molecule has 0 radical (unpaired) electrons. The molecule has 1 unspecified atom stereocenters. The molecule has 1 atom stereocenters. The van der Waals surface area contributed by atoms with Crippen LogP contribution >= 0.6 is 0 Å². The molecule has 2 nitrogen and oxygen atoms in total. The highest BCUT2D eigenvalue weighted by atomic mass is 19.1. The monoisotopic (exact) mass is 236 g/mol. The summed E-state index contributed by atoms with van der Waals surface area (Å²) >= 11 is 0. The minimum atomic E-state index is -0.0980. The first-order chi connectivity index (χ1) is 8.07. The van der Waals surface area contributed by atoms with E-state index in [1.165, 1.54) is 6.07 Å². The van der Waals surface area contributed by atoms with Crippen molar-refractivity contribution in [2.45, 2.75) is 38.3 Å². The molecule has 1 aromatic rings. The molecule has 17 heavy (non-hydrogen) atoms. The second-order valence-electron chi connectivity index (χ2n) is 5.46. The van der Waals surface area contributed by atoms with E-state index in [0.29, 0.717) is 6.04 Å². The van der Waals surface area contributed by atoms with Gasteiger partial charge in [0.1, 0.15) is 5.82 Å². The molecule has 1 aliphatic heterocycles. The maximum Gasteiger partial charge on any atom is 0.126 e. The fraction of sp³-hybridized carbons (Fsp3) is 0.571. The zero-order chi connectivity index (χ0) is 12.3. The number of hydrogen-bond acceptors (Lipinski definition) is 2. The Morgan fingerprint density at radius 3 is 2.82 bits per heavy atom. The largest absolute Gasteiger partial charge is 0.312 e. The second-order valence-corrected chi connectivity index (χ2v) is 5.46. The molecule has 3 heteroatoms. The van der Waals surface area contributed by atoms with Crippen LogP contribution in [-0.4, -0.2) is 24.7 Å². The molecule has 1 aliphatic rings. The van der Waals surface area contributed by atoms with E-state index in [4.69, 9.17) is 0 Å². The van der Waals surface area contributed by atoms with E-state index >= 15 is 0 Å².